The van der Waals surface area contributed by atoms with E-state index in [9.17, 15) is 8.42 Å². The molecule has 0 radical (unpaired) electrons. The minimum Gasteiger partial charge on any atom is -0.473 e. The predicted molar refractivity (Wildman–Crippen MR) is 79.5 cm³/mol. The van der Waals surface area contributed by atoms with Crippen LogP contribution in [0.1, 0.15) is 25.0 Å². The van der Waals surface area contributed by atoms with Gasteiger partial charge < -0.3 is 13.7 Å². The molecule has 1 saturated heterocycles. The van der Waals surface area contributed by atoms with Gasteiger partial charge in [-0.15, -0.1) is 0 Å². The Kier molecular flexibility index (Phi) is 2.84. The summed E-state index contributed by atoms with van der Waals surface area (Å²) in [6.07, 6.45) is -0.338. The number of aryl methyl sites for hydroxylation is 1. The number of morpholine rings is 1. The Morgan fingerprint density at radius 3 is 2.86 bits per heavy atom. The van der Waals surface area contributed by atoms with E-state index in [0.717, 1.165) is 16.9 Å². The van der Waals surface area contributed by atoms with Crippen LogP contribution in [-0.2, 0) is 20.3 Å². The minimum absolute atomic E-state index is 0.0998. The maximum absolute atomic E-state index is 12.6. The van der Waals surface area contributed by atoms with Crippen molar-refractivity contribution in [2.45, 2.75) is 37.8 Å². The van der Waals surface area contributed by atoms with Crippen molar-refractivity contribution in [3.63, 3.8) is 0 Å². The second-order valence-electron chi connectivity index (χ2n) is 6.62. The molecule has 120 valence electrons. The highest BCUT2D eigenvalue weighted by Gasteiger charge is 2.54. The van der Waals surface area contributed by atoms with Gasteiger partial charge in [0.2, 0.25) is 0 Å². The van der Waals surface area contributed by atoms with E-state index in [1.54, 1.807) is 6.07 Å². The quantitative estimate of drug-likeness (QED) is 0.671. The van der Waals surface area contributed by atoms with E-state index in [0.29, 0.717) is 18.9 Å². The molecule has 22 heavy (non-hydrogen) atoms. The molecule has 0 amide bonds. The molecule has 0 saturated carbocycles. The van der Waals surface area contributed by atoms with Crippen LogP contribution >= 0.6 is 0 Å². The first-order valence-electron chi connectivity index (χ1n) is 7.40. The zero-order chi connectivity index (χ0) is 15.7. The van der Waals surface area contributed by atoms with Crippen molar-refractivity contribution in [2.75, 3.05) is 19.8 Å². The Morgan fingerprint density at radius 1 is 1.32 bits per heavy atom. The molecule has 0 N–H and O–H groups in total. The van der Waals surface area contributed by atoms with Gasteiger partial charge in [-0.1, -0.05) is 19.9 Å². The van der Waals surface area contributed by atoms with Crippen molar-refractivity contribution in [3.05, 3.63) is 23.3 Å². The zero-order valence-corrected chi connectivity index (χ0v) is 13.6. The lowest BCUT2D eigenvalue weighted by Gasteiger charge is -2.43. The van der Waals surface area contributed by atoms with Crippen LogP contribution in [0.2, 0.25) is 0 Å². The maximum Gasteiger partial charge on any atom is 0.328 e. The number of benzene rings is 1. The van der Waals surface area contributed by atoms with Gasteiger partial charge in [-0.3, -0.25) is 0 Å². The van der Waals surface area contributed by atoms with Gasteiger partial charge in [0.1, 0.15) is 11.5 Å². The van der Waals surface area contributed by atoms with Crippen molar-refractivity contribution >= 4 is 10.1 Å². The molecule has 2 atom stereocenters. The first-order valence-corrected chi connectivity index (χ1v) is 8.87. The molecule has 0 aliphatic carbocycles. The molecule has 7 heteroatoms. The number of hydrogen-bond donors (Lipinski definition) is 0. The topological polar surface area (TPSA) is 65.1 Å². The summed E-state index contributed by atoms with van der Waals surface area (Å²) in [6.45, 7) is 7.20. The van der Waals surface area contributed by atoms with Crippen LogP contribution < -0.4 is 8.92 Å². The van der Waals surface area contributed by atoms with E-state index in [4.69, 9.17) is 13.7 Å². The minimum atomic E-state index is -3.80. The van der Waals surface area contributed by atoms with Crippen molar-refractivity contribution in [2.24, 2.45) is 0 Å². The summed E-state index contributed by atoms with van der Waals surface area (Å²) in [7, 11) is -3.80. The largest absolute Gasteiger partial charge is 0.473 e. The van der Waals surface area contributed by atoms with E-state index >= 15 is 0 Å². The molecule has 1 fully saturated rings. The third-order valence-electron chi connectivity index (χ3n) is 4.77. The maximum atomic E-state index is 12.6. The van der Waals surface area contributed by atoms with Crippen LogP contribution in [0.5, 0.6) is 11.5 Å². The summed E-state index contributed by atoms with van der Waals surface area (Å²) in [6, 6.07) is 3.56. The van der Waals surface area contributed by atoms with Crippen LogP contribution in [0.15, 0.2) is 12.1 Å². The summed E-state index contributed by atoms with van der Waals surface area (Å²) < 4.78 is 42.3. The Hall–Kier alpha value is -1.31. The molecule has 1 aromatic carbocycles. The average Bonchev–Trinajstić information content (AvgIpc) is 2.75. The normalized spacial score (nSPS) is 31.4. The molecule has 0 aromatic heterocycles. The van der Waals surface area contributed by atoms with Gasteiger partial charge in [-0.05, 0) is 18.6 Å². The third kappa shape index (κ3) is 1.76. The van der Waals surface area contributed by atoms with E-state index in [2.05, 4.69) is 13.8 Å². The van der Waals surface area contributed by atoms with Crippen LogP contribution in [0.25, 0.3) is 0 Å². The predicted octanol–water partition coefficient (Wildman–Crippen LogP) is 1.37. The molecular weight excluding hydrogens is 306 g/mol. The lowest BCUT2D eigenvalue weighted by Crippen LogP contribution is -2.60. The van der Waals surface area contributed by atoms with Crippen LogP contribution in [0.3, 0.4) is 0 Å². The SMILES string of the molecule is Cc1ccc2c3c1OC(N1CCOCC1S(=O)(=O)O2)C3(C)C. The van der Waals surface area contributed by atoms with Gasteiger partial charge in [0, 0.05) is 17.5 Å². The van der Waals surface area contributed by atoms with Gasteiger partial charge in [0.25, 0.3) is 0 Å². The smallest absolute Gasteiger partial charge is 0.328 e. The highest BCUT2D eigenvalue weighted by molar-refractivity contribution is 7.87. The van der Waals surface area contributed by atoms with Crippen molar-refractivity contribution in [3.8, 4) is 11.5 Å². The number of nitrogens with zero attached hydrogens (tertiary/aromatic N) is 1. The van der Waals surface area contributed by atoms with Crippen molar-refractivity contribution in [1.82, 2.24) is 4.90 Å². The Balaban J connectivity index is 1.98. The molecule has 3 heterocycles. The van der Waals surface area contributed by atoms with Gasteiger partial charge >= 0.3 is 10.1 Å². The highest BCUT2D eigenvalue weighted by atomic mass is 32.2. The molecule has 2 bridgehead atoms. The zero-order valence-electron chi connectivity index (χ0n) is 12.8. The van der Waals surface area contributed by atoms with E-state index in [1.807, 2.05) is 17.9 Å². The molecular formula is C15H19NO5S. The average molecular weight is 325 g/mol. The molecule has 1 aromatic rings. The van der Waals surface area contributed by atoms with Crippen LogP contribution in [-0.4, -0.2) is 44.7 Å². The number of rotatable bonds is 0. The van der Waals surface area contributed by atoms with E-state index in [-0.39, 0.29) is 18.2 Å². The fourth-order valence-corrected chi connectivity index (χ4v) is 4.97. The summed E-state index contributed by atoms with van der Waals surface area (Å²) >= 11 is 0. The summed E-state index contributed by atoms with van der Waals surface area (Å²) in [5.41, 5.74) is 1.47. The van der Waals surface area contributed by atoms with Gasteiger partial charge in [-0.2, -0.15) is 8.42 Å². The number of fused-ring (bicyclic) bond motifs is 3. The number of ether oxygens (including phenoxy) is 2. The van der Waals surface area contributed by atoms with E-state index in [1.165, 1.54) is 0 Å². The van der Waals surface area contributed by atoms with Crippen molar-refractivity contribution in [1.29, 1.82) is 0 Å². The lowest BCUT2D eigenvalue weighted by atomic mass is 9.82. The van der Waals surface area contributed by atoms with Crippen LogP contribution in [0.4, 0.5) is 0 Å². The molecule has 0 spiro atoms. The second kappa shape index (κ2) is 4.37. The monoisotopic (exact) mass is 325 g/mol. The summed E-state index contributed by atoms with van der Waals surface area (Å²) in [5, 5.41) is -0.840. The Morgan fingerprint density at radius 2 is 2.09 bits per heavy atom. The standard InChI is InChI=1S/C15H19NO5S/c1-9-4-5-10-12-13(9)20-14(15(12,2)3)16-6-7-19-8-11(16)22(17,18)21-10/h4-5,11,14H,6-8H2,1-3H3. The second-order valence-corrected chi connectivity index (χ2v) is 8.32. The first-order chi connectivity index (χ1) is 10.3. The molecule has 6 nitrogen and oxygen atoms in total. The Bertz CT molecular complexity index is 743. The van der Waals surface area contributed by atoms with Crippen LogP contribution in [0, 0.1) is 6.92 Å². The van der Waals surface area contributed by atoms with Gasteiger partial charge in [0.15, 0.2) is 11.6 Å². The Labute approximate surface area is 130 Å². The molecule has 2 unspecified atom stereocenters. The fourth-order valence-electron chi connectivity index (χ4n) is 3.66. The molecule has 4 rings (SSSR count). The van der Waals surface area contributed by atoms with E-state index < -0.39 is 15.5 Å². The van der Waals surface area contributed by atoms with Gasteiger partial charge in [-0.25, -0.2) is 4.90 Å². The lowest BCUT2D eigenvalue weighted by molar-refractivity contribution is -0.0767. The first kappa shape index (κ1) is 14.3. The fraction of sp³-hybridized carbons (Fsp3) is 0.600. The van der Waals surface area contributed by atoms with Crippen molar-refractivity contribution < 1.29 is 22.1 Å². The highest BCUT2D eigenvalue weighted by Crippen LogP contribution is 2.52. The van der Waals surface area contributed by atoms with Gasteiger partial charge in [0.05, 0.1) is 13.2 Å². The third-order valence-corrected chi connectivity index (χ3v) is 6.26. The molecule has 3 aliphatic heterocycles. The molecule has 3 aliphatic rings. The summed E-state index contributed by atoms with van der Waals surface area (Å²) in [4.78, 5) is 1.86. The number of hydrogen-bond acceptors (Lipinski definition) is 6. The summed E-state index contributed by atoms with van der Waals surface area (Å²) in [5.74, 6) is 1.12.